The molecule has 100 valence electrons. The molecule has 1 saturated heterocycles. The molecule has 0 aromatic carbocycles. The lowest BCUT2D eigenvalue weighted by Crippen LogP contribution is -2.43. The van der Waals surface area contributed by atoms with Gasteiger partial charge in [-0.15, -0.1) is 5.10 Å². The van der Waals surface area contributed by atoms with E-state index < -0.39 is 0 Å². The maximum atomic E-state index is 5.74. The van der Waals surface area contributed by atoms with Crippen molar-refractivity contribution in [2.75, 3.05) is 26.7 Å². The summed E-state index contributed by atoms with van der Waals surface area (Å²) in [7, 11) is 2.17. The summed E-state index contributed by atoms with van der Waals surface area (Å²) in [6, 6.07) is 4.41. The van der Waals surface area contributed by atoms with Crippen LogP contribution in [0.1, 0.15) is 25.5 Å². The van der Waals surface area contributed by atoms with Gasteiger partial charge >= 0.3 is 0 Å². The summed E-state index contributed by atoms with van der Waals surface area (Å²) in [4.78, 5) is 4.89. The average molecular weight is 269 g/mol. The predicted octanol–water partition coefficient (Wildman–Crippen LogP) is 2.05. The molecule has 1 aliphatic heterocycles. The smallest absolute Gasteiger partial charge is 0.151 e. The monoisotopic (exact) mass is 268 g/mol. The highest BCUT2D eigenvalue weighted by Gasteiger charge is 2.21. The summed E-state index contributed by atoms with van der Waals surface area (Å²) < 4.78 is 0. The van der Waals surface area contributed by atoms with Crippen molar-refractivity contribution in [1.82, 2.24) is 20.0 Å². The number of rotatable bonds is 4. The molecule has 1 aliphatic rings. The molecule has 0 atom stereocenters. The fraction of sp³-hybridized carbons (Fsp3) is 0.692. The average Bonchev–Trinajstić information content (AvgIpc) is 2.41. The first-order valence-electron chi connectivity index (χ1n) is 6.59. The maximum absolute atomic E-state index is 5.74. The molecule has 0 unspecified atom stereocenters. The number of hydrogen-bond acceptors (Lipinski definition) is 4. The Balaban J connectivity index is 1.85. The van der Waals surface area contributed by atoms with Gasteiger partial charge in [0.15, 0.2) is 5.15 Å². The van der Waals surface area contributed by atoms with Gasteiger partial charge in [-0.25, -0.2) is 0 Å². The number of halogens is 1. The summed E-state index contributed by atoms with van der Waals surface area (Å²) in [6.07, 6.45) is 2.48. The first kappa shape index (κ1) is 13.7. The largest absolute Gasteiger partial charge is 0.303 e. The summed E-state index contributed by atoms with van der Waals surface area (Å²) in [5, 5.41) is 8.45. The van der Waals surface area contributed by atoms with Gasteiger partial charge in [-0.2, -0.15) is 5.10 Å². The van der Waals surface area contributed by atoms with Gasteiger partial charge in [-0.1, -0.05) is 18.5 Å². The minimum absolute atomic E-state index is 0.456. The van der Waals surface area contributed by atoms with Crippen LogP contribution < -0.4 is 0 Å². The fourth-order valence-electron chi connectivity index (χ4n) is 2.49. The molecule has 0 amide bonds. The van der Waals surface area contributed by atoms with Crippen LogP contribution in [0, 0.1) is 0 Å². The highest BCUT2D eigenvalue weighted by Crippen LogP contribution is 2.16. The first-order chi connectivity index (χ1) is 8.69. The Morgan fingerprint density at radius 1 is 1.33 bits per heavy atom. The number of likely N-dealkylation sites (tertiary alicyclic amines) is 1. The van der Waals surface area contributed by atoms with E-state index in [1.165, 1.54) is 32.5 Å². The highest BCUT2D eigenvalue weighted by atomic mass is 35.5. The summed E-state index contributed by atoms with van der Waals surface area (Å²) in [5.74, 6) is 0. The molecule has 0 aliphatic carbocycles. The molecule has 1 aromatic heterocycles. The number of hydrogen-bond donors (Lipinski definition) is 0. The van der Waals surface area contributed by atoms with Crippen LogP contribution in [0.25, 0.3) is 0 Å². The zero-order valence-electron chi connectivity index (χ0n) is 11.1. The van der Waals surface area contributed by atoms with Gasteiger partial charge < -0.3 is 4.90 Å². The molecule has 0 N–H and O–H groups in total. The molecular weight excluding hydrogens is 248 g/mol. The molecule has 2 heterocycles. The van der Waals surface area contributed by atoms with Crippen molar-refractivity contribution in [2.24, 2.45) is 0 Å². The van der Waals surface area contributed by atoms with Crippen molar-refractivity contribution >= 4 is 11.6 Å². The summed E-state index contributed by atoms with van der Waals surface area (Å²) >= 11 is 5.74. The molecule has 18 heavy (non-hydrogen) atoms. The van der Waals surface area contributed by atoms with Crippen molar-refractivity contribution in [3.05, 3.63) is 23.0 Å². The van der Waals surface area contributed by atoms with Crippen LogP contribution in [0.2, 0.25) is 5.15 Å². The fourth-order valence-corrected chi connectivity index (χ4v) is 2.59. The topological polar surface area (TPSA) is 32.3 Å². The SMILES string of the molecule is CCN1CCC(N(C)Cc2ccc(Cl)nn2)CC1. The maximum Gasteiger partial charge on any atom is 0.151 e. The van der Waals surface area contributed by atoms with Crippen LogP contribution >= 0.6 is 11.6 Å². The lowest BCUT2D eigenvalue weighted by atomic mass is 10.0. The third kappa shape index (κ3) is 3.64. The summed E-state index contributed by atoms with van der Waals surface area (Å²) in [5.41, 5.74) is 0.986. The van der Waals surface area contributed by atoms with E-state index >= 15 is 0 Å². The Kier molecular flexibility index (Phi) is 4.92. The van der Waals surface area contributed by atoms with Crippen molar-refractivity contribution in [3.8, 4) is 0 Å². The minimum Gasteiger partial charge on any atom is -0.303 e. The number of nitrogens with zero attached hydrogens (tertiary/aromatic N) is 4. The van der Waals surface area contributed by atoms with E-state index in [2.05, 4.69) is 34.0 Å². The Bertz CT molecular complexity index is 360. The van der Waals surface area contributed by atoms with Gasteiger partial charge in [-0.05, 0) is 51.7 Å². The molecule has 1 fully saturated rings. The van der Waals surface area contributed by atoms with E-state index in [0.717, 1.165) is 12.2 Å². The van der Waals surface area contributed by atoms with Gasteiger partial charge in [-0.3, -0.25) is 4.90 Å². The quantitative estimate of drug-likeness (QED) is 0.837. The van der Waals surface area contributed by atoms with Crippen LogP contribution in [0.3, 0.4) is 0 Å². The second-order valence-electron chi connectivity index (χ2n) is 4.93. The van der Waals surface area contributed by atoms with E-state index in [1.54, 1.807) is 6.07 Å². The highest BCUT2D eigenvalue weighted by molar-refractivity contribution is 6.29. The van der Waals surface area contributed by atoms with Crippen LogP contribution in [0.15, 0.2) is 12.1 Å². The molecule has 2 rings (SSSR count). The Labute approximate surface area is 114 Å². The van der Waals surface area contributed by atoms with Crippen molar-refractivity contribution in [1.29, 1.82) is 0 Å². The number of aromatic nitrogens is 2. The standard InChI is InChI=1S/C13H21ClN4/c1-3-18-8-6-12(7-9-18)17(2)10-11-4-5-13(14)16-15-11/h4-5,12H,3,6-10H2,1-2H3. The molecule has 0 spiro atoms. The van der Waals surface area contributed by atoms with Crippen LogP contribution in [0.5, 0.6) is 0 Å². The van der Waals surface area contributed by atoms with Gasteiger partial charge in [0.25, 0.3) is 0 Å². The molecule has 1 aromatic rings. The normalized spacial score (nSPS) is 18.4. The zero-order valence-corrected chi connectivity index (χ0v) is 11.9. The van der Waals surface area contributed by atoms with E-state index in [1.807, 2.05) is 6.07 Å². The van der Waals surface area contributed by atoms with Crippen LogP contribution in [-0.4, -0.2) is 52.7 Å². The van der Waals surface area contributed by atoms with Gasteiger partial charge in [0.05, 0.1) is 5.69 Å². The molecule has 0 bridgehead atoms. The molecular formula is C13H21ClN4. The lowest BCUT2D eigenvalue weighted by Gasteiger charge is -2.36. The van der Waals surface area contributed by atoms with Crippen molar-refractivity contribution in [3.63, 3.8) is 0 Å². The van der Waals surface area contributed by atoms with E-state index in [9.17, 15) is 0 Å². The van der Waals surface area contributed by atoms with Crippen molar-refractivity contribution in [2.45, 2.75) is 32.4 Å². The Hall–Kier alpha value is -0.710. The van der Waals surface area contributed by atoms with E-state index in [0.29, 0.717) is 11.2 Å². The predicted molar refractivity (Wildman–Crippen MR) is 73.6 cm³/mol. The summed E-state index contributed by atoms with van der Waals surface area (Å²) in [6.45, 7) is 6.66. The molecule has 5 heteroatoms. The Morgan fingerprint density at radius 2 is 2.06 bits per heavy atom. The van der Waals surface area contributed by atoms with Gasteiger partial charge in [0.1, 0.15) is 0 Å². The second kappa shape index (κ2) is 6.45. The zero-order chi connectivity index (χ0) is 13.0. The molecule has 4 nitrogen and oxygen atoms in total. The number of piperidine rings is 1. The Morgan fingerprint density at radius 3 is 2.61 bits per heavy atom. The van der Waals surface area contributed by atoms with Gasteiger partial charge in [0, 0.05) is 12.6 Å². The minimum atomic E-state index is 0.456. The van der Waals surface area contributed by atoms with Crippen LogP contribution in [-0.2, 0) is 6.54 Å². The third-order valence-corrected chi connectivity index (χ3v) is 3.93. The van der Waals surface area contributed by atoms with E-state index in [4.69, 9.17) is 11.6 Å². The van der Waals surface area contributed by atoms with Gasteiger partial charge in [0.2, 0.25) is 0 Å². The second-order valence-corrected chi connectivity index (χ2v) is 5.32. The van der Waals surface area contributed by atoms with E-state index in [-0.39, 0.29) is 0 Å². The third-order valence-electron chi connectivity index (χ3n) is 3.73. The van der Waals surface area contributed by atoms with Crippen molar-refractivity contribution < 1.29 is 0 Å². The first-order valence-corrected chi connectivity index (χ1v) is 6.97. The molecule has 0 saturated carbocycles. The lowest BCUT2D eigenvalue weighted by molar-refractivity contribution is 0.126. The molecule has 0 radical (unpaired) electrons. The van der Waals surface area contributed by atoms with Crippen LogP contribution in [0.4, 0.5) is 0 Å².